The largest absolute Gasteiger partial charge is 0.494 e. The Morgan fingerprint density at radius 2 is 1.38 bits per heavy atom. The summed E-state index contributed by atoms with van der Waals surface area (Å²) in [6, 6.07) is 26.7. The quantitative estimate of drug-likeness (QED) is 0.349. The van der Waals surface area contributed by atoms with Crippen molar-refractivity contribution in [1.82, 2.24) is 0 Å². The highest BCUT2D eigenvalue weighted by molar-refractivity contribution is 5.66. The van der Waals surface area contributed by atoms with E-state index in [2.05, 4.69) is 66.3 Å². The van der Waals surface area contributed by atoms with Gasteiger partial charge in [0.25, 0.3) is 0 Å². The van der Waals surface area contributed by atoms with E-state index in [-0.39, 0.29) is 5.97 Å². The minimum Gasteiger partial charge on any atom is -0.494 e. The van der Waals surface area contributed by atoms with E-state index in [0.717, 1.165) is 30.1 Å². The predicted octanol–water partition coefficient (Wildman–Crippen LogP) is 6.80. The van der Waals surface area contributed by atoms with Gasteiger partial charge < -0.3 is 14.2 Å². The third-order valence-corrected chi connectivity index (χ3v) is 4.32. The second-order valence-electron chi connectivity index (χ2n) is 6.95. The summed E-state index contributed by atoms with van der Waals surface area (Å²) in [5.74, 6) is 1.52. The summed E-state index contributed by atoms with van der Waals surface area (Å²) in [7, 11) is 0. The average molecular weight is 433 g/mol. The maximum atomic E-state index is 9.82. The van der Waals surface area contributed by atoms with Crippen LogP contribution in [-0.2, 0) is 9.53 Å². The molecular weight excluding hydrogens is 400 g/mol. The van der Waals surface area contributed by atoms with Crippen LogP contribution in [0.4, 0.5) is 0 Å². The monoisotopic (exact) mass is 432 g/mol. The molecule has 0 aliphatic heterocycles. The number of ether oxygens (including phenoxy) is 3. The Labute approximate surface area is 191 Å². The van der Waals surface area contributed by atoms with Crippen LogP contribution in [-0.4, -0.2) is 25.8 Å². The van der Waals surface area contributed by atoms with Crippen LogP contribution in [0, 0.1) is 0 Å². The van der Waals surface area contributed by atoms with Gasteiger partial charge >= 0.3 is 5.97 Å². The molecule has 0 bridgehead atoms. The van der Waals surface area contributed by atoms with Gasteiger partial charge in [-0.25, -0.2) is 0 Å². The molecule has 0 spiro atoms. The molecule has 0 aliphatic rings. The van der Waals surface area contributed by atoms with Gasteiger partial charge in [-0.3, -0.25) is 4.79 Å². The molecule has 3 aromatic carbocycles. The summed E-state index contributed by atoms with van der Waals surface area (Å²) in [5, 5.41) is 0. The lowest BCUT2D eigenvalue weighted by atomic mass is 10.0. The standard InChI is InChI=1S/C24H24O2.C4H8O2/c1-2-18-25-23-14-16-24(17-15-23)26-19-6-7-20-10-12-22(13-11-20)21-8-4-3-5-9-21;1-3-6-4(2)5/h3-17H,2,18-19H2,1H3;3H2,1-2H3/b7-6+;. The lowest BCUT2D eigenvalue weighted by Gasteiger charge is -2.06. The van der Waals surface area contributed by atoms with Crippen molar-refractivity contribution in [1.29, 1.82) is 0 Å². The Morgan fingerprint density at radius 1 is 0.781 bits per heavy atom. The first-order valence-electron chi connectivity index (χ1n) is 10.9. The summed E-state index contributed by atoms with van der Waals surface area (Å²) in [4.78, 5) is 9.82. The number of carbonyl (C=O) groups is 1. The first-order chi connectivity index (χ1) is 15.6. The van der Waals surface area contributed by atoms with Crippen LogP contribution < -0.4 is 9.47 Å². The molecule has 0 amide bonds. The smallest absolute Gasteiger partial charge is 0.302 e. The van der Waals surface area contributed by atoms with Gasteiger partial charge in [-0.2, -0.15) is 0 Å². The van der Waals surface area contributed by atoms with Crippen LogP contribution in [0.2, 0.25) is 0 Å². The minimum absolute atomic E-state index is 0.211. The van der Waals surface area contributed by atoms with Crippen molar-refractivity contribution >= 4 is 12.0 Å². The van der Waals surface area contributed by atoms with E-state index in [9.17, 15) is 4.79 Å². The zero-order valence-electron chi connectivity index (χ0n) is 19.1. The van der Waals surface area contributed by atoms with E-state index in [0.29, 0.717) is 13.2 Å². The zero-order chi connectivity index (χ0) is 23.0. The number of rotatable bonds is 9. The molecule has 0 atom stereocenters. The van der Waals surface area contributed by atoms with Crippen molar-refractivity contribution in [3.63, 3.8) is 0 Å². The van der Waals surface area contributed by atoms with E-state index >= 15 is 0 Å². The first kappa shape index (κ1) is 24.7. The second-order valence-corrected chi connectivity index (χ2v) is 6.95. The normalized spacial score (nSPS) is 10.2. The van der Waals surface area contributed by atoms with Crippen molar-refractivity contribution in [3.8, 4) is 22.6 Å². The molecule has 0 aliphatic carbocycles. The molecule has 0 aromatic heterocycles. The molecule has 0 radical (unpaired) electrons. The molecular formula is C28H32O4. The van der Waals surface area contributed by atoms with E-state index in [4.69, 9.17) is 9.47 Å². The molecule has 168 valence electrons. The maximum Gasteiger partial charge on any atom is 0.302 e. The highest BCUT2D eigenvalue weighted by atomic mass is 16.5. The van der Waals surface area contributed by atoms with Crippen LogP contribution in [0.1, 0.15) is 32.8 Å². The summed E-state index contributed by atoms with van der Waals surface area (Å²) in [6.45, 7) is 7.03. The van der Waals surface area contributed by atoms with E-state index < -0.39 is 0 Å². The SMILES string of the molecule is CCCOc1ccc(OC/C=C/c2ccc(-c3ccccc3)cc2)cc1.CCOC(C)=O. The van der Waals surface area contributed by atoms with Crippen LogP contribution in [0.5, 0.6) is 11.5 Å². The van der Waals surface area contributed by atoms with Crippen molar-refractivity contribution in [2.24, 2.45) is 0 Å². The Morgan fingerprint density at radius 3 is 1.91 bits per heavy atom. The molecule has 3 aromatic rings. The number of benzene rings is 3. The average Bonchev–Trinajstić information content (AvgIpc) is 2.82. The second kappa shape index (κ2) is 14.5. The molecule has 32 heavy (non-hydrogen) atoms. The predicted molar refractivity (Wildman–Crippen MR) is 131 cm³/mol. The lowest BCUT2D eigenvalue weighted by molar-refractivity contribution is -0.140. The third-order valence-electron chi connectivity index (χ3n) is 4.32. The van der Waals surface area contributed by atoms with Crippen molar-refractivity contribution < 1.29 is 19.0 Å². The van der Waals surface area contributed by atoms with Crippen molar-refractivity contribution in [2.75, 3.05) is 19.8 Å². The number of carbonyl (C=O) groups excluding carboxylic acids is 1. The summed E-state index contributed by atoms with van der Waals surface area (Å²) in [5.41, 5.74) is 3.62. The van der Waals surface area contributed by atoms with Gasteiger partial charge in [0, 0.05) is 6.92 Å². The molecule has 0 heterocycles. The third kappa shape index (κ3) is 9.52. The fraction of sp³-hybridized carbons (Fsp3) is 0.250. The Balaban J connectivity index is 0.000000534. The van der Waals surface area contributed by atoms with Gasteiger partial charge in [0.05, 0.1) is 13.2 Å². The maximum absolute atomic E-state index is 9.82. The highest BCUT2D eigenvalue weighted by Gasteiger charge is 1.97. The highest BCUT2D eigenvalue weighted by Crippen LogP contribution is 2.20. The summed E-state index contributed by atoms with van der Waals surface area (Å²) < 4.78 is 15.7. The zero-order valence-corrected chi connectivity index (χ0v) is 19.1. The van der Waals surface area contributed by atoms with Gasteiger partial charge in [-0.05, 0) is 60.4 Å². The fourth-order valence-corrected chi connectivity index (χ4v) is 2.80. The molecule has 4 nitrogen and oxygen atoms in total. The molecule has 0 fully saturated rings. The Bertz CT molecular complexity index is 929. The molecule has 0 saturated heterocycles. The molecule has 0 saturated carbocycles. The number of hydrogen-bond acceptors (Lipinski definition) is 4. The molecule has 0 N–H and O–H groups in total. The molecule has 0 unspecified atom stereocenters. The van der Waals surface area contributed by atoms with Crippen LogP contribution in [0.25, 0.3) is 17.2 Å². The van der Waals surface area contributed by atoms with Crippen molar-refractivity contribution in [3.05, 3.63) is 90.5 Å². The van der Waals surface area contributed by atoms with E-state index in [1.165, 1.54) is 18.1 Å². The molecule has 3 rings (SSSR count). The van der Waals surface area contributed by atoms with Crippen molar-refractivity contribution in [2.45, 2.75) is 27.2 Å². The summed E-state index contributed by atoms with van der Waals surface area (Å²) in [6.07, 6.45) is 5.11. The Kier molecular flexibility index (Phi) is 11.2. The summed E-state index contributed by atoms with van der Waals surface area (Å²) >= 11 is 0. The van der Waals surface area contributed by atoms with Crippen LogP contribution in [0.3, 0.4) is 0 Å². The minimum atomic E-state index is -0.211. The van der Waals surface area contributed by atoms with E-state index in [1.807, 2.05) is 36.4 Å². The lowest BCUT2D eigenvalue weighted by Crippen LogP contribution is -1.96. The van der Waals surface area contributed by atoms with E-state index in [1.54, 1.807) is 6.92 Å². The van der Waals surface area contributed by atoms with Crippen LogP contribution in [0.15, 0.2) is 84.9 Å². The fourth-order valence-electron chi connectivity index (χ4n) is 2.80. The number of esters is 1. The first-order valence-corrected chi connectivity index (χ1v) is 10.9. The Hall–Kier alpha value is -3.53. The topological polar surface area (TPSA) is 44.8 Å². The van der Waals surface area contributed by atoms with Gasteiger partial charge in [0.1, 0.15) is 18.1 Å². The van der Waals surface area contributed by atoms with Gasteiger partial charge in [0.15, 0.2) is 0 Å². The molecule has 4 heteroatoms. The number of hydrogen-bond donors (Lipinski definition) is 0. The van der Waals surface area contributed by atoms with Crippen LogP contribution >= 0.6 is 0 Å². The van der Waals surface area contributed by atoms with Gasteiger partial charge in [0.2, 0.25) is 0 Å². The van der Waals surface area contributed by atoms with Gasteiger partial charge in [-0.1, -0.05) is 67.6 Å². The van der Waals surface area contributed by atoms with Gasteiger partial charge in [-0.15, -0.1) is 0 Å².